The first-order valence-electron chi connectivity index (χ1n) is 8.58. The van der Waals surface area contributed by atoms with Crippen LogP contribution in [0.1, 0.15) is 43.2 Å². The number of hydrazone groups is 1. The number of aryl methyl sites for hydroxylation is 1. The average Bonchev–Trinajstić information content (AvgIpc) is 3.10. The number of aromatic nitrogens is 1. The average molecular weight is 373 g/mol. The van der Waals surface area contributed by atoms with Gasteiger partial charge >= 0.3 is 5.97 Å². The number of ether oxygens (including phenoxy) is 2. The van der Waals surface area contributed by atoms with Crippen molar-refractivity contribution in [2.24, 2.45) is 5.10 Å². The van der Waals surface area contributed by atoms with Crippen molar-refractivity contribution in [3.63, 3.8) is 0 Å². The van der Waals surface area contributed by atoms with Crippen LogP contribution in [-0.4, -0.2) is 29.4 Å². The Hall–Kier alpha value is -2.41. The van der Waals surface area contributed by atoms with E-state index in [4.69, 9.17) is 9.47 Å². The Bertz CT molecular complexity index is 843. The van der Waals surface area contributed by atoms with Gasteiger partial charge in [0.2, 0.25) is 5.13 Å². The number of carbonyl (C=O) groups excluding carboxylic acids is 1. The van der Waals surface area contributed by atoms with Crippen LogP contribution >= 0.6 is 11.3 Å². The van der Waals surface area contributed by atoms with Gasteiger partial charge in [-0.2, -0.15) is 5.10 Å². The predicted molar refractivity (Wildman–Crippen MR) is 103 cm³/mol. The van der Waals surface area contributed by atoms with Gasteiger partial charge in [-0.3, -0.25) is 10.2 Å². The van der Waals surface area contributed by atoms with E-state index in [2.05, 4.69) is 41.5 Å². The fourth-order valence-corrected chi connectivity index (χ4v) is 3.62. The summed E-state index contributed by atoms with van der Waals surface area (Å²) in [5, 5.41) is 6.73. The van der Waals surface area contributed by atoms with Crippen LogP contribution in [0.3, 0.4) is 0 Å². The maximum Gasteiger partial charge on any atom is 0.311 e. The molecule has 0 saturated carbocycles. The Morgan fingerprint density at radius 1 is 1.50 bits per heavy atom. The van der Waals surface area contributed by atoms with E-state index >= 15 is 0 Å². The third-order valence-electron chi connectivity index (χ3n) is 3.92. The van der Waals surface area contributed by atoms with Crippen LogP contribution < -0.4 is 10.2 Å². The van der Waals surface area contributed by atoms with Crippen molar-refractivity contribution in [2.75, 3.05) is 12.0 Å². The summed E-state index contributed by atoms with van der Waals surface area (Å²) in [4.78, 5) is 15.8. The zero-order valence-electron chi connectivity index (χ0n) is 15.5. The molecule has 1 aliphatic rings. The van der Waals surface area contributed by atoms with Gasteiger partial charge in [-0.15, -0.1) is 11.3 Å². The first-order chi connectivity index (χ1) is 12.4. The van der Waals surface area contributed by atoms with Gasteiger partial charge in [0.1, 0.15) is 11.4 Å². The molecular formula is C19H23N3O3S. The number of nitrogens with zero attached hydrogens (tertiary/aromatic N) is 2. The second-order valence-electron chi connectivity index (χ2n) is 6.86. The molecule has 3 rings (SSSR count). The predicted octanol–water partition coefficient (Wildman–Crippen LogP) is 3.72. The molecule has 2 heterocycles. The fraction of sp³-hybridized carbons (Fsp3) is 0.421. The lowest BCUT2D eigenvalue weighted by molar-refractivity contribution is -0.142. The van der Waals surface area contributed by atoms with Crippen LogP contribution in [0.15, 0.2) is 22.6 Å². The first kappa shape index (κ1) is 18.4. The third-order valence-corrected chi connectivity index (χ3v) is 4.72. The number of esters is 1. The Balaban J connectivity index is 1.62. The van der Waals surface area contributed by atoms with E-state index < -0.39 is 0 Å². The highest BCUT2D eigenvalue weighted by Crippen LogP contribution is 2.37. The number of rotatable bonds is 6. The molecule has 7 heteroatoms. The molecule has 0 spiro atoms. The Labute approximate surface area is 157 Å². The van der Waals surface area contributed by atoms with Gasteiger partial charge in [0.15, 0.2) is 0 Å². The van der Waals surface area contributed by atoms with Crippen molar-refractivity contribution in [3.05, 3.63) is 39.9 Å². The molecule has 6 nitrogen and oxygen atoms in total. The van der Waals surface area contributed by atoms with Gasteiger partial charge in [0, 0.05) is 11.8 Å². The van der Waals surface area contributed by atoms with Crippen molar-refractivity contribution >= 4 is 28.7 Å². The Morgan fingerprint density at radius 2 is 2.31 bits per heavy atom. The standard InChI is InChI=1S/C19H23N3O3S/c1-5-24-16(23)8-15-11-26-18(21-15)22-20-10-13-6-12(2)17-14(7-13)9-19(3,4)25-17/h6-7,10-11H,5,8-9H2,1-4H3,(H,21,22). The summed E-state index contributed by atoms with van der Waals surface area (Å²) in [6, 6.07) is 4.16. The molecule has 0 saturated heterocycles. The number of anilines is 1. The first-order valence-corrected chi connectivity index (χ1v) is 9.46. The van der Waals surface area contributed by atoms with E-state index in [9.17, 15) is 4.79 Å². The monoisotopic (exact) mass is 373 g/mol. The molecule has 0 bridgehead atoms. The molecular weight excluding hydrogens is 350 g/mol. The number of carbonyl (C=O) groups is 1. The fourth-order valence-electron chi connectivity index (χ4n) is 2.96. The lowest BCUT2D eigenvalue weighted by atomic mass is 9.99. The van der Waals surface area contributed by atoms with Crippen molar-refractivity contribution in [3.8, 4) is 5.75 Å². The van der Waals surface area contributed by atoms with Crippen molar-refractivity contribution < 1.29 is 14.3 Å². The van der Waals surface area contributed by atoms with Gasteiger partial charge < -0.3 is 9.47 Å². The molecule has 0 unspecified atom stereocenters. The molecule has 1 N–H and O–H groups in total. The minimum Gasteiger partial charge on any atom is -0.487 e. The number of hydrogen-bond acceptors (Lipinski definition) is 7. The molecule has 2 aromatic rings. The second-order valence-corrected chi connectivity index (χ2v) is 7.72. The largest absolute Gasteiger partial charge is 0.487 e. The lowest BCUT2D eigenvalue weighted by Gasteiger charge is -2.17. The van der Waals surface area contributed by atoms with E-state index in [1.165, 1.54) is 16.9 Å². The summed E-state index contributed by atoms with van der Waals surface area (Å²) in [5.74, 6) is 0.718. The zero-order valence-corrected chi connectivity index (χ0v) is 16.3. The van der Waals surface area contributed by atoms with Gasteiger partial charge in [-0.25, -0.2) is 4.98 Å². The van der Waals surface area contributed by atoms with Crippen molar-refractivity contribution in [2.45, 2.75) is 46.1 Å². The molecule has 0 fully saturated rings. The van der Waals surface area contributed by atoms with Crippen LogP contribution in [0.5, 0.6) is 5.75 Å². The van der Waals surface area contributed by atoms with Gasteiger partial charge in [-0.05, 0) is 56.5 Å². The van der Waals surface area contributed by atoms with E-state index in [1.807, 2.05) is 12.3 Å². The quantitative estimate of drug-likeness (QED) is 0.475. The van der Waals surface area contributed by atoms with Crippen LogP contribution in [-0.2, 0) is 22.4 Å². The van der Waals surface area contributed by atoms with Crippen LogP contribution in [0.2, 0.25) is 0 Å². The highest BCUT2D eigenvalue weighted by Gasteiger charge is 2.31. The van der Waals surface area contributed by atoms with Crippen LogP contribution in [0.4, 0.5) is 5.13 Å². The maximum atomic E-state index is 11.5. The van der Waals surface area contributed by atoms with E-state index in [0.717, 1.165) is 23.3 Å². The number of fused-ring (bicyclic) bond motifs is 1. The molecule has 1 aliphatic heterocycles. The Kier molecular flexibility index (Phi) is 5.27. The molecule has 0 aliphatic carbocycles. The summed E-state index contributed by atoms with van der Waals surface area (Å²) in [6.45, 7) is 8.40. The number of nitrogens with one attached hydrogen (secondary N) is 1. The topological polar surface area (TPSA) is 72.8 Å². The SMILES string of the molecule is CCOC(=O)Cc1csc(NN=Cc2cc(C)c3c(c2)CC(C)(C)O3)n1. The molecule has 0 amide bonds. The summed E-state index contributed by atoms with van der Waals surface area (Å²) < 4.78 is 10.9. The summed E-state index contributed by atoms with van der Waals surface area (Å²) in [5.41, 5.74) is 6.77. The van der Waals surface area contributed by atoms with Gasteiger partial charge in [-0.1, -0.05) is 0 Å². The summed E-state index contributed by atoms with van der Waals surface area (Å²) in [7, 11) is 0. The number of benzene rings is 1. The lowest BCUT2D eigenvalue weighted by Crippen LogP contribution is -2.24. The van der Waals surface area contributed by atoms with Gasteiger partial charge in [0.25, 0.3) is 0 Å². The van der Waals surface area contributed by atoms with Crippen molar-refractivity contribution in [1.29, 1.82) is 0 Å². The third kappa shape index (κ3) is 4.40. The van der Waals surface area contributed by atoms with E-state index in [0.29, 0.717) is 17.4 Å². The number of hydrogen-bond donors (Lipinski definition) is 1. The second kappa shape index (κ2) is 7.45. The van der Waals surface area contributed by atoms with E-state index in [1.54, 1.807) is 13.1 Å². The molecule has 138 valence electrons. The zero-order chi connectivity index (χ0) is 18.7. The Morgan fingerprint density at radius 3 is 3.08 bits per heavy atom. The smallest absolute Gasteiger partial charge is 0.311 e. The number of thiazole rings is 1. The molecule has 0 atom stereocenters. The van der Waals surface area contributed by atoms with Crippen LogP contribution in [0, 0.1) is 6.92 Å². The van der Waals surface area contributed by atoms with Crippen LogP contribution in [0.25, 0.3) is 0 Å². The minimum absolute atomic E-state index is 0.155. The molecule has 1 aromatic carbocycles. The highest BCUT2D eigenvalue weighted by atomic mass is 32.1. The summed E-state index contributed by atoms with van der Waals surface area (Å²) >= 11 is 1.40. The highest BCUT2D eigenvalue weighted by molar-refractivity contribution is 7.13. The molecule has 0 radical (unpaired) electrons. The minimum atomic E-state index is -0.272. The molecule has 26 heavy (non-hydrogen) atoms. The molecule has 1 aromatic heterocycles. The summed E-state index contributed by atoms with van der Waals surface area (Å²) in [6.07, 6.45) is 2.84. The van der Waals surface area contributed by atoms with Gasteiger partial charge in [0.05, 0.1) is 24.9 Å². The normalized spacial score (nSPS) is 14.9. The van der Waals surface area contributed by atoms with E-state index in [-0.39, 0.29) is 18.0 Å². The maximum absolute atomic E-state index is 11.5. The van der Waals surface area contributed by atoms with Crippen molar-refractivity contribution in [1.82, 2.24) is 4.98 Å².